The molecule has 0 unspecified atom stereocenters. The summed E-state index contributed by atoms with van der Waals surface area (Å²) < 4.78 is 5.73. The Morgan fingerprint density at radius 1 is 1.23 bits per heavy atom. The van der Waals surface area contributed by atoms with Crippen molar-refractivity contribution >= 4 is 0 Å². The highest BCUT2D eigenvalue weighted by Crippen LogP contribution is 2.67. The maximum absolute atomic E-state index is 5.73. The van der Waals surface area contributed by atoms with Crippen molar-refractivity contribution in [2.24, 2.45) is 16.7 Å². The van der Waals surface area contributed by atoms with Crippen LogP contribution < -0.4 is 0 Å². The van der Waals surface area contributed by atoms with Gasteiger partial charge in [0.2, 0.25) is 0 Å². The van der Waals surface area contributed by atoms with E-state index in [9.17, 15) is 0 Å². The van der Waals surface area contributed by atoms with E-state index in [1.807, 2.05) is 6.07 Å². The highest BCUT2D eigenvalue weighted by Gasteiger charge is 2.58. The Kier molecular flexibility index (Phi) is 4.30. The Morgan fingerprint density at radius 2 is 2.00 bits per heavy atom. The molecule has 0 N–H and O–H groups in total. The van der Waals surface area contributed by atoms with Crippen molar-refractivity contribution in [3.8, 4) is 0 Å². The first-order valence-electron chi connectivity index (χ1n) is 8.60. The predicted octanol–water partition coefficient (Wildman–Crippen LogP) is 5.52. The van der Waals surface area contributed by atoms with Gasteiger partial charge >= 0.3 is 0 Å². The summed E-state index contributed by atoms with van der Waals surface area (Å²) in [4.78, 5) is 0. The molecule has 2 aliphatic rings. The molecular weight excluding hydrogens is 268 g/mol. The first-order chi connectivity index (χ1) is 10.5. The molecule has 2 aliphatic carbocycles. The molecule has 1 heteroatoms. The van der Waals surface area contributed by atoms with Gasteiger partial charge in [0.25, 0.3) is 0 Å². The molecule has 0 heterocycles. The van der Waals surface area contributed by atoms with Gasteiger partial charge in [-0.3, -0.25) is 0 Å². The van der Waals surface area contributed by atoms with Gasteiger partial charge in [-0.05, 0) is 54.2 Å². The second kappa shape index (κ2) is 6.07. The molecule has 3 rings (SSSR count). The average Bonchev–Trinajstić information content (AvgIpc) is 2.85. The van der Waals surface area contributed by atoms with Crippen LogP contribution in [-0.2, 0) is 11.3 Å². The third kappa shape index (κ3) is 2.69. The topological polar surface area (TPSA) is 9.23 Å². The van der Waals surface area contributed by atoms with Crippen LogP contribution in [0.5, 0.6) is 0 Å². The van der Waals surface area contributed by atoms with E-state index in [2.05, 4.69) is 56.8 Å². The van der Waals surface area contributed by atoms with Gasteiger partial charge in [0, 0.05) is 5.41 Å². The Bertz CT molecular complexity index is 577. The summed E-state index contributed by atoms with van der Waals surface area (Å²) >= 11 is 0. The monoisotopic (exact) mass is 296 g/mol. The van der Waals surface area contributed by atoms with Crippen LogP contribution in [0, 0.1) is 16.7 Å². The summed E-state index contributed by atoms with van der Waals surface area (Å²) in [5.41, 5.74) is 7.24. The lowest BCUT2D eigenvalue weighted by atomic mass is 9.69. The molecule has 2 atom stereocenters. The number of hydrogen-bond acceptors (Lipinski definition) is 1. The van der Waals surface area contributed by atoms with Gasteiger partial charge < -0.3 is 4.74 Å². The van der Waals surface area contributed by atoms with E-state index in [1.54, 1.807) is 5.57 Å². The van der Waals surface area contributed by atoms with Gasteiger partial charge in [0.1, 0.15) is 0 Å². The van der Waals surface area contributed by atoms with E-state index in [-0.39, 0.29) is 0 Å². The third-order valence-electron chi connectivity index (χ3n) is 6.35. The molecule has 0 aromatic heterocycles. The van der Waals surface area contributed by atoms with E-state index in [0.717, 1.165) is 18.9 Å². The zero-order valence-electron chi connectivity index (χ0n) is 14.2. The molecule has 1 aromatic carbocycles. The van der Waals surface area contributed by atoms with Crippen molar-refractivity contribution < 1.29 is 4.74 Å². The van der Waals surface area contributed by atoms with Gasteiger partial charge in [-0.1, -0.05) is 51.1 Å². The zero-order valence-corrected chi connectivity index (χ0v) is 14.2. The maximum Gasteiger partial charge on any atom is 0.0717 e. The van der Waals surface area contributed by atoms with E-state index in [1.165, 1.54) is 24.8 Å². The number of ether oxygens (including phenoxy) is 1. The maximum atomic E-state index is 5.73. The van der Waals surface area contributed by atoms with Crippen LogP contribution in [0.1, 0.15) is 52.0 Å². The SMILES string of the molecule is CC1(C)[C@H]2CC[C@@]1(C)C(=C=CCCOCc1ccccc1)C2. The van der Waals surface area contributed by atoms with Crippen LogP contribution in [0.4, 0.5) is 0 Å². The molecule has 0 spiro atoms. The van der Waals surface area contributed by atoms with Crippen molar-refractivity contribution in [3.63, 3.8) is 0 Å². The van der Waals surface area contributed by atoms with Gasteiger partial charge in [-0.15, -0.1) is 5.73 Å². The van der Waals surface area contributed by atoms with E-state index < -0.39 is 0 Å². The van der Waals surface area contributed by atoms with Gasteiger partial charge in [0.05, 0.1) is 13.2 Å². The van der Waals surface area contributed by atoms with Crippen LogP contribution >= 0.6 is 0 Å². The molecular formula is C21H28O. The Balaban J connectivity index is 1.51. The lowest BCUT2D eigenvalue weighted by Crippen LogP contribution is -2.27. The standard InChI is InChI=1S/C21H28O/c1-20(2)18-12-13-21(20,3)19(15-18)11-7-8-14-22-16-17-9-5-4-6-10-17/h4-7,9-10,18H,8,12-16H2,1-3H3/t11?,18-,21-/m0/s1. The van der Waals surface area contributed by atoms with Crippen molar-refractivity contribution in [2.45, 2.75) is 53.1 Å². The van der Waals surface area contributed by atoms with Gasteiger partial charge in [-0.2, -0.15) is 0 Å². The normalized spacial score (nSPS) is 28.7. The second-order valence-corrected chi connectivity index (χ2v) is 7.65. The number of fused-ring (bicyclic) bond motifs is 2. The first-order valence-corrected chi connectivity index (χ1v) is 8.60. The summed E-state index contributed by atoms with van der Waals surface area (Å²) in [6.45, 7) is 8.82. The summed E-state index contributed by atoms with van der Waals surface area (Å²) in [6.07, 6.45) is 7.14. The van der Waals surface area contributed by atoms with Crippen LogP contribution in [0.25, 0.3) is 0 Å². The fraction of sp³-hybridized carbons (Fsp3) is 0.571. The fourth-order valence-corrected chi connectivity index (χ4v) is 4.29. The third-order valence-corrected chi connectivity index (χ3v) is 6.35. The number of benzene rings is 1. The summed E-state index contributed by atoms with van der Waals surface area (Å²) in [5, 5.41) is 0. The van der Waals surface area contributed by atoms with Crippen LogP contribution in [0.3, 0.4) is 0 Å². The molecule has 2 fully saturated rings. The quantitative estimate of drug-likeness (QED) is 0.513. The minimum atomic E-state index is 0.374. The van der Waals surface area contributed by atoms with Crippen molar-refractivity contribution in [2.75, 3.05) is 6.61 Å². The van der Waals surface area contributed by atoms with E-state index in [4.69, 9.17) is 4.74 Å². The molecule has 2 saturated carbocycles. The van der Waals surface area contributed by atoms with Crippen LogP contribution in [-0.4, -0.2) is 6.61 Å². The number of hydrogen-bond donors (Lipinski definition) is 0. The van der Waals surface area contributed by atoms with Crippen molar-refractivity contribution in [1.29, 1.82) is 0 Å². The lowest BCUT2D eigenvalue weighted by molar-refractivity contribution is 0.125. The molecule has 0 amide bonds. The molecule has 118 valence electrons. The lowest BCUT2D eigenvalue weighted by Gasteiger charge is -2.34. The predicted molar refractivity (Wildman–Crippen MR) is 91.5 cm³/mol. The van der Waals surface area contributed by atoms with E-state index in [0.29, 0.717) is 17.4 Å². The van der Waals surface area contributed by atoms with Crippen molar-refractivity contribution in [1.82, 2.24) is 0 Å². The van der Waals surface area contributed by atoms with Crippen LogP contribution in [0.15, 0.2) is 47.7 Å². The zero-order chi connectivity index (χ0) is 15.6. The first kappa shape index (κ1) is 15.6. The van der Waals surface area contributed by atoms with Gasteiger partial charge in [-0.25, -0.2) is 0 Å². The molecule has 0 radical (unpaired) electrons. The minimum absolute atomic E-state index is 0.374. The Morgan fingerprint density at radius 3 is 2.64 bits per heavy atom. The smallest absolute Gasteiger partial charge is 0.0717 e. The molecule has 1 aromatic rings. The minimum Gasteiger partial charge on any atom is -0.376 e. The molecule has 0 aliphatic heterocycles. The van der Waals surface area contributed by atoms with Gasteiger partial charge in [0.15, 0.2) is 0 Å². The summed E-state index contributed by atoms with van der Waals surface area (Å²) in [6, 6.07) is 10.4. The van der Waals surface area contributed by atoms with Crippen molar-refractivity contribution in [3.05, 3.63) is 53.3 Å². The average molecular weight is 296 g/mol. The summed E-state index contributed by atoms with van der Waals surface area (Å²) in [7, 11) is 0. The molecule has 1 nitrogen and oxygen atoms in total. The van der Waals surface area contributed by atoms with Crippen LogP contribution in [0.2, 0.25) is 0 Å². The molecule has 22 heavy (non-hydrogen) atoms. The second-order valence-electron chi connectivity index (χ2n) is 7.65. The number of rotatable bonds is 5. The molecule has 2 bridgehead atoms. The Hall–Kier alpha value is -1.30. The highest BCUT2D eigenvalue weighted by atomic mass is 16.5. The highest BCUT2D eigenvalue weighted by molar-refractivity contribution is 5.28. The van der Waals surface area contributed by atoms with E-state index >= 15 is 0 Å². The fourth-order valence-electron chi connectivity index (χ4n) is 4.29. The largest absolute Gasteiger partial charge is 0.376 e. The molecule has 0 saturated heterocycles. The Labute approximate surface area is 135 Å². The summed E-state index contributed by atoms with van der Waals surface area (Å²) in [5.74, 6) is 0.864.